The van der Waals surface area contributed by atoms with E-state index in [0.29, 0.717) is 5.69 Å². The molecule has 1 aromatic heterocycles. The summed E-state index contributed by atoms with van der Waals surface area (Å²) in [5, 5.41) is 12.7. The van der Waals surface area contributed by atoms with Gasteiger partial charge in [-0.05, 0) is 31.2 Å². The fourth-order valence-electron chi connectivity index (χ4n) is 1.90. The second kappa shape index (κ2) is 7.95. The van der Waals surface area contributed by atoms with Crippen LogP contribution in [0.4, 0.5) is 22.0 Å². The third kappa shape index (κ3) is 4.97. The number of amides is 2. The summed E-state index contributed by atoms with van der Waals surface area (Å²) >= 11 is 0. The summed E-state index contributed by atoms with van der Waals surface area (Å²) in [6.07, 6.45) is 0.834. The zero-order valence-electron chi connectivity index (χ0n) is 13.8. The summed E-state index contributed by atoms with van der Waals surface area (Å²) in [6, 6.07) is 7.46. The van der Waals surface area contributed by atoms with Gasteiger partial charge >= 0.3 is 6.09 Å². The molecule has 2 amide bonds. The molecule has 1 aromatic carbocycles. The van der Waals surface area contributed by atoms with Crippen LogP contribution in [0.5, 0.6) is 0 Å². The lowest BCUT2D eigenvalue weighted by Crippen LogP contribution is -2.19. The zero-order chi connectivity index (χ0) is 17.5. The highest BCUT2D eigenvalue weighted by Gasteiger charge is 2.09. The van der Waals surface area contributed by atoms with Crippen LogP contribution in [0.15, 0.2) is 30.5 Å². The first-order valence-corrected chi connectivity index (χ1v) is 7.39. The fourth-order valence-corrected chi connectivity index (χ4v) is 1.90. The number of ether oxygens (including phenoxy) is 1. The van der Waals surface area contributed by atoms with Gasteiger partial charge in [0.2, 0.25) is 5.91 Å². The Labute approximate surface area is 139 Å². The number of anilines is 3. The summed E-state index contributed by atoms with van der Waals surface area (Å²) in [5.74, 6) is -0.0308. The maximum absolute atomic E-state index is 12.0. The highest BCUT2D eigenvalue weighted by atomic mass is 16.5. The van der Waals surface area contributed by atoms with E-state index in [1.54, 1.807) is 6.92 Å². The van der Waals surface area contributed by atoms with E-state index in [1.165, 1.54) is 10.9 Å². The Kier molecular flexibility index (Phi) is 5.72. The quantitative estimate of drug-likeness (QED) is 0.832. The highest BCUT2D eigenvalue weighted by molar-refractivity contribution is 5.90. The first kappa shape index (κ1) is 17.3. The number of nitrogens with zero attached hydrogens (tertiary/aromatic N) is 4. The van der Waals surface area contributed by atoms with Gasteiger partial charge in [-0.3, -0.25) is 10.1 Å². The minimum Gasteiger partial charge on any atom is -0.450 e. The molecule has 0 aliphatic rings. The number of carbonyl (C=O) groups excluding carboxylic acids is 2. The molecule has 0 saturated carbocycles. The number of rotatable bonds is 6. The highest BCUT2D eigenvalue weighted by Crippen LogP contribution is 2.15. The smallest absolute Gasteiger partial charge is 0.412 e. The van der Waals surface area contributed by atoms with Gasteiger partial charge in [0.1, 0.15) is 6.54 Å². The van der Waals surface area contributed by atoms with E-state index >= 15 is 0 Å². The van der Waals surface area contributed by atoms with Crippen LogP contribution in [-0.4, -0.2) is 47.7 Å². The van der Waals surface area contributed by atoms with Crippen LogP contribution in [-0.2, 0) is 16.1 Å². The molecule has 0 aliphatic carbocycles. The lowest BCUT2D eigenvalue weighted by molar-refractivity contribution is -0.116. The van der Waals surface area contributed by atoms with Gasteiger partial charge < -0.3 is 15.0 Å². The Balaban J connectivity index is 1.88. The molecule has 24 heavy (non-hydrogen) atoms. The predicted molar refractivity (Wildman–Crippen MR) is 90.1 cm³/mol. The second-order valence-corrected chi connectivity index (χ2v) is 5.14. The Morgan fingerprint density at radius 1 is 1.21 bits per heavy atom. The van der Waals surface area contributed by atoms with Crippen LogP contribution < -0.4 is 15.5 Å². The molecule has 0 radical (unpaired) electrons. The minimum atomic E-state index is -0.616. The van der Waals surface area contributed by atoms with Crippen molar-refractivity contribution in [2.75, 3.05) is 36.2 Å². The van der Waals surface area contributed by atoms with Crippen LogP contribution in [0.25, 0.3) is 0 Å². The van der Waals surface area contributed by atoms with E-state index in [-0.39, 0.29) is 24.9 Å². The summed E-state index contributed by atoms with van der Waals surface area (Å²) in [5.41, 5.74) is 1.73. The predicted octanol–water partition coefficient (Wildman–Crippen LogP) is 1.55. The molecule has 0 aliphatic heterocycles. The monoisotopic (exact) mass is 332 g/mol. The topological polar surface area (TPSA) is 101 Å². The van der Waals surface area contributed by atoms with E-state index in [9.17, 15) is 9.59 Å². The van der Waals surface area contributed by atoms with Crippen molar-refractivity contribution < 1.29 is 14.3 Å². The summed E-state index contributed by atoms with van der Waals surface area (Å²) < 4.78 is 6.06. The van der Waals surface area contributed by atoms with Crippen molar-refractivity contribution in [1.82, 2.24) is 15.0 Å². The molecule has 0 spiro atoms. The summed E-state index contributed by atoms with van der Waals surface area (Å²) in [7, 11) is 3.89. The van der Waals surface area contributed by atoms with Crippen molar-refractivity contribution in [2.24, 2.45) is 0 Å². The van der Waals surface area contributed by atoms with Gasteiger partial charge in [-0.2, -0.15) is 0 Å². The lowest BCUT2D eigenvalue weighted by atomic mass is 10.2. The maximum atomic E-state index is 12.0. The van der Waals surface area contributed by atoms with Crippen molar-refractivity contribution in [1.29, 1.82) is 0 Å². The van der Waals surface area contributed by atoms with Gasteiger partial charge in [-0.25, -0.2) is 9.48 Å². The molecule has 0 bridgehead atoms. The molecule has 9 nitrogen and oxygen atoms in total. The number of hydrogen-bond donors (Lipinski definition) is 2. The van der Waals surface area contributed by atoms with Gasteiger partial charge in [0.05, 0.1) is 12.8 Å². The van der Waals surface area contributed by atoms with Gasteiger partial charge in [-0.1, -0.05) is 5.21 Å². The molecule has 1 heterocycles. The van der Waals surface area contributed by atoms with E-state index < -0.39 is 6.09 Å². The molecular weight excluding hydrogens is 312 g/mol. The Morgan fingerprint density at radius 2 is 1.92 bits per heavy atom. The molecular formula is C15H20N6O3. The molecule has 0 unspecified atom stereocenters. The minimum absolute atomic E-state index is 0.0209. The molecule has 0 fully saturated rings. The summed E-state index contributed by atoms with van der Waals surface area (Å²) in [4.78, 5) is 25.3. The van der Waals surface area contributed by atoms with Crippen LogP contribution in [0.3, 0.4) is 0 Å². The molecule has 128 valence electrons. The van der Waals surface area contributed by atoms with Crippen LogP contribution in [0.2, 0.25) is 0 Å². The fraction of sp³-hybridized carbons (Fsp3) is 0.333. The van der Waals surface area contributed by atoms with Crippen molar-refractivity contribution in [3.05, 3.63) is 30.5 Å². The zero-order valence-corrected chi connectivity index (χ0v) is 13.8. The Morgan fingerprint density at radius 3 is 2.54 bits per heavy atom. The second-order valence-electron chi connectivity index (χ2n) is 5.14. The van der Waals surface area contributed by atoms with E-state index in [2.05, 4.69) is 20.9 Å². The molecule has 2 N–H and O–H groups in total. The molecule has 0 atom stereocenters. The Hall–Kier alpha value is -3.10. The number of hydrogen-bond acceptors (Lipinski definition) is 6. The van der Waals surface area contributed by atoms with Crippen molar-refractivity contribution in [3.8, 4) is 0 Å². The van der Waals surface area contributed by atoms with Crippen molar-refractivity contribution in [3.63, 3.8) is 0 Å². The number of carbonyl (C=O) groups is 2. The number of aromatic nitrogens is 3. The van der Waals surface area contributed by atoms with Gasteiger partial charge in [0, 0.05) is 25.5 Å². The Bertz CT molecular complexity index is 695. The molecule has 9 heteroatoms. The summed E-state index contributed by atoms with van der Waals surface area (Å²) in [6.45, 7) is 1.94. The first-order valence-electron chi connectivity index (χ1n) is 7.39. The average Bonchev–Trinajstić information content (AvgIpc) is 2.94. The SMILES string of the molecule is CCOC(=O)Nc1cn(CC(=O)Nc2ccc(N(C)C)cc2)nn1. The van der Waals surface area contributed by atoms with Crippen molar-refractivity contribution >= 4 is 29.2 Å². The van der Waals surface area contributed by atoms with Crippen LogP contribution in [0, 0.1) is 0 Å². The maximum Gasteiger partial charge on any atom is 0.412 e. The van der Waals surface area contributed by atoms with Gasteiger partial charge in [-0.15, -0.1) is 5.10 Å². The third-order valence-corrected chi connectivity index (χ3v) is 3.02. The van der Waals surface area contributed by atoms with Crippen LogP contribution in [0.1, 0.15) is 6.92 Å². The number of benzene rings is 1. The van der Waals surface area contributed by atoms with E-state index in [0.717, 1.165) is 5.69 Å². The van der Waals surface area contributed by atoms with Crippen molar-refractivity contribution in [2.45, 2.75) is 13.5 Å². The first-order chi connectivity index (χ1) is 11.5. The van der Waals surface area contributed by atoms with E-state index in [1.807, 2.05) is 43.3 Å². The van der Waals surface area contributed by atoms with Crippen LogP contribution >= 0.6 is 0 Å². The van der Waals surface area contributed by atoms with Gasteiger partial charge in [0.25, 0.3) is 0 Å². The molecule has 2 rings (SSSR count). The lowest BCUT2D eigenvalue weighted by Gasteiger charge is -2.13. The van der Waals surface area contributed by atoms with E-state index in [4.69, 9.17) is 4.74 Å². The van der Waals surface area contributed by atoms with Gasteiger partial charge in [0.15, 0.2) is 5.82 Å². The molecule has 0 saturated heterocycles. The average molecular weight is 332 g/mol. The standard InChI is InChI=1S/C15H20N6O3/c1-4-24-15(23)17-13-9-21(19-18-13)10-14(22)16-11-5-7-12(8-6-11)20(2)3/h5-9H,4,10H2,1-3H3,(H,16,22)(H,17,23). The normalized spacial score (nSPS) is 10.1. The largest absolute Gasteiger partial charge is 0.450 e. The number of nitrogens with one attached hydrogen (secondary N) is 2. The molecule has 2 aromatic rings. The third-order valence-electron chi connectivity index (χ3n) is 3.02.